The maximum absolute atomic E-state index is 12.2. The van der Waals surface area contributed by atoms with Crippen LogP contribution < -0.4 is 5.32 Å². The van der Waals surface area contributed by atoms with Crippen LogP contribution in [0.5, 0.6) is 0 Å². The molecule has 1 aliphatic carbocycles. The molecular formula is C15H24N2OS. The van der Waals surface area contributed by atoms with Crippen LogP contribution in [-0.4, -0.2) is 17.4 Å². The average molecular weight is 280 g/mol. The largest absolute Gasteiger partial charge is 0.351 e. The van der Waals surface area contributed by atoms with E-state index in [4.69, 9.17) is 0 Å². The molecule has 1 aromatic heterocycles. The van der Waals surface area contributed by atoms with Crippen LogP contribution in [-0.2, 0) is 6.42 Å². The van der Waals surface area contributed by atoms with Gasteiger partial charge in [0.2, 0.25) is 0 Å². The number of aryl methyl sites for hydroxylation is 2. The van der Waals surface area contributed by atoms with Gasteiger partial charge in [0.15, 0.2) is 0 Å². The molecule has 0 bridgehead atoms. The first-order chi connectivity index (χ1) is 9.20. The summed E-state index contributed by atoms with van der Waals surface area (Å²) in [5.74, 6) is 0.754. The molecule has 1 aliphatic rings. The van der Waals surface area contributed by atoms with Gasteiger partial charge in [-0.05, 0) is 38.5 Å². The van der Waals surface area contributed by atoms with Crippen LogP contribution in [0.15, 0.2) is 0 Å². The normalized spacial score (nSPS) is 16.5. The summed E-state index contributed by atoms with van der Waals surface area (Å²) in [5, 5.41) is 4.18. The van der Waals surface area contributed by atoms with Gasteiger partial charge in [0.1, 0.15) is 4.88 Å². The molecule has 1 heterocycles. The summed E-state index contributed by atoms with van der Waals surface area (Å²) in [4.78, 5) is 17.5. The van der Waals surface area contributed by atoms with Crippen molar-refractivity contribution in [1.82, 2.24) is 10.3 Å². The molecule has 1 fully saturated rings. The van der Waals surface area contributed by atoms with Crippen LogP contribution in [0.25, 0.3) is 0 Å². The molecule has 106 valence electrons. The molecular weight excluding hydrogens is 256 g/mol. The van der Waals surface area contributed by atoms with Gasteiger partial charge in [-0.2, -0.15) is 0 Å². The predicted octanol–water partition coefficient (Wildman–Crippen LogP) is 3.71. The maximum Gasteiger partial charge on any atom is 0.263 e. The van der Waals surface area contributed by atoms with Crippen molar-refractivity contribution < 1.29 is 4.79 Å². The number of carbonyl (C=O) groups is 1. The lowest BCUT2D eigenvalue weighted by molar-refractivity contribution is 0.0947. The fraction of sp³-hybridized carbons (Fsp3) is 0.733. The van der Waals surface area contributed by atoms with Crippen LogP contribution in [0.2, 0.25) is 0 Å². The molecule has 2 rings (SSSR count). The zero-order chi connectivity index (χ0) is 13.7. The highest BCUT2D eigenvalue weighted by Gasteiger charge is 2.18. The Morgan fingerprint density at radius 2 is 2.11 bits per heavy atom. The molecule has 19 heavy (non-hydrogen) atoms. The number of aromatic nitrogens is 1. The predicted molar refractivity (Wildman–Crippen MR) is 79.8 cm³/mol. The smallest absolute Gasteiger partial charge is 0.263 e. The second kappa shape index (κ2) is 7.04. The van der Waals surface area contributed by atoms with Crippen molar-refractivity contribution >= 4 is 17.2 Å². The van der Waals surface area contributed by atoms with E-state index in [0.29, 0.717) is 5.92 Å². The highest BCUT2D eigenvalue weighted by atomic mass is 32.1. The van der Waals surface area contributed by atoms with Crippen LogP contribution >= 0.6 is 11.3 Å². The van der Waals surface area contributed by atoms with Gasteiger partial charge in [-0.3, -0.25) is 4.79 Å². The van der Waals surface area contributed by atoms with Crippen molar-refractivity contribution in [3.63, 3.8) is 0 Å². The van der Waals surface area contributed by atoms with Crippen LogP contribution in [0.1, 0.15) is 65.8 Å². The van der Waals surface area contributed by atoms with Gasteiger partial charge >= 0.3 is 0 Å². The molecule has 1 amide bonds. The molecule has 1 saturated carbocycles. The van der Waals surface area contributed by atoms with E-state index in [0.717, 1.165) is 35.0 Å². The van der Waals surface area contributed by atoms with Crippen molar-refractivity contribution in [2.45, 2.75) is 58.8 Å². The monoisotopic (exact) mass is 280 g/mol. The van der Waals surface area contributed by atoms with E-state index >= 15 is 0 Å². The summed E-state index contributed by atoms with van der Waals surface area (Å²) in [6, 6.07) is 0. The first-order valence-electron chi connectivity index (χ1n) is 7.45. The Kier molecular flexibility index (Phi) is 5.37. The van der Waals surface area contributed by atoms with Crippen molar-refractivity contribution in [3.05, 3.63) is 15.6 Å². The van der Waals surface area contributed by atoms with Crippen LogP contribution in [0.4, 0.5) is 0 Å². The third kappa shape index (κ3) is 4.03. The highest BCUT2D eigenvalue weighted by Crippen LogP contribution is 2.23. The van der Waals surface area contributed by atoms with Gasteiger partial charge in [-0.25, -0.2) is 4.98 Å². The highest BCUT2D eigenvalue weighted by molar-refractivity contribution is 7.13. The number of nitrogens with zero attached hydrogens (tertiary/aromatic N) is 1. The van der Waals surface area contributed by atoms with E-state index in [-0.39, 0.29) is 5.91 Å². The average Bonchev–Trinajstić information content (AvgIpc) is 2.79. The van der Waals surface area contributed by atoms with E-state index in [1.807, 2.05) is 6.92 Å². The van der Waals surface area contributed by atoms with Crippen LogP contribution in [0.3, 0.4) is 0 Å². The minimum Gasteiger partial charge on any atom is -0.351 e. The number of thiazole rings is 1. The first-order valence-corrected chi connectivity index (χ1v) is 8.27. The summed E-state index contributed by atoms with van der Waals surface area (Å²) in [6.07, 6.45) is 8.59. The Morgan fingerprint density at radius 1 is 1.37 bits per heavy atom. The Labute approximate surface area is 119 Å². The standard InChI is InChI=1S/C15H24N2OS/c1-3-7-13-17-11(2)14(19-13)15(18)16-10-12-8-5-4-6-9-12/h12H,3-10H2,1-2H3,(H,16,18). The number of rotatable bonds is 5. The van der Waals surface area contributed by atoms with Crippen LogP contribution in [0, 0.1) is 12.8 Å². The topological polar surface area (TPSA) is 42.0 Å². The Bertz CT molecular complexity index is 422. The minimum atomic E-state index is 0.0722. The lowest BCUT2D eigenvalue weighted by atomic mass is 9.89. The van der Waals surface area contributed by atoms with Gasteiger partial charge in [-0.1, -0.05) is 26.2 Å². The third-order valence-corrected chi connectivity index (χ3v) is 5.00. The molecule has 0 saturated heterocycles. The summed E-state index contributed by atoms with van der Waals surface area (Å²) in [7, 11) is 0. The number of nitrogens with one attached hydrogen (secondary N) is 1. The van der Waals surface area contributed by atoms with E-state index < -0.39 is 0 Å². The second-order valence-electron chi connectivity index (χ2n) is 5.49. The second-order valence-corrected chi connectivity index (χ2v) is 6.57. The van der Waals surface area contributed by atoms with E-state index in [1.165, 1.54) is 32.1 Å². The van der Waals surface area contributed by atoms with Gasteiger partial charge in [0, 0.05) is 6.54 Å². The summed E-state index contributed by atoms with van der Waals surface area (Å²) >= 11 is 1.56. The van der Waals surface area contributed by atoms with Crippen molar-refractivity contribution in [3.8, 4) is 0 Å². The molecule has 0 radical (unpaired) electrons. The molecule has 3 nitrogen and oxygen atoms in total. The zero-order valence-electron chi connectivity index (χ0n) is 12.0. The van der Waals surface area contributed by atoms with E-state index in [9.17, 15) is 4.79 Å². The van der Waals surface area contributed by atoms with Crippen molar-refractivity contribution in [2.24, 2.45) is 5.92 Å². The van der Waals surface area contributed by atoms with Crippen molar-refractivity contribution in [1.29, 1.82) is 0 Å². The van der Waals surface area contributed by atoms with Gasteiger partial charge in [-0.15, -0.1) is 11.3 Å². The number of amides is 1. The van der Waals surface area contributed by atoms with Crippen molar-refractivity contribution in [2.75, 3.05) is 6.54 Å². The SMILES string of the molecule is CCCc1nc(C)c(C(=O)NCC2CCCCC2)s1. The maximum atomic E-state index is 12.2. The Morgan fingerprint density at radius 3 is 2.79 bits per heavy atom. The van der Waals surface area contributed by atoms with Gasteiger partial charge < -0.3 is 5.32 Å². The number of hydrogen-bond donors (Lipinski definition) is 1. The molecule has 0 aromatic carbocycles. The Balaban J connectivity index is 1.88. The summed E-state index contributed by atoms with van der Waals surface area (Å²) < 4.78 is 0. The fourth-order valence-corrected chi connectivity index (χ4v) is 3.77. The molecule has 0 spiro atoms. The fourth-order valence-electron chi connectivity index (χ4n) is 2.69. The molecule has 4 heteroatoms. The lowest BCUT2D eigenvalue weighted by Gasteiger charge is -2.21. The first kappa shape index (κ1) is 14.5. The summed E-state index contributed by atoms with van der Waals surface area (Å²) in [5.41, 5.74) is 0.884. The Hall–Kier alpha value is -0.900. The number of carbonyl (C=O) groups excluding carboxylic acids is 1. The number of hydrogen-bond acceptors (Lipinski definition) is 3. The lowest BCUT2D eigenvalue weighted by Crippen LogP contribution is -2.30. The zero-order valence-corrected chi connectivity index (χ0v) is 12.8. The molecule has 0 atom stereocenters. The minimum absolute atomic E-state index is 0.0722. The van der Waals surface area contributed by atoms with Gasteiger partial charge in [0.05, 0.1) is 10.7 Å². The third-order valence-electron chi connectivity index (χ3n) is 3.79. The quantitative estimate of drug-likeness (QED) is 0.893. The van der Waals surface area contributed by atoms with Gasteiger partial charge in [0.25, 0.3) is 5.91 Å². The summed E-state index contributed by atoms with van der Waals surface area (Å²) in [6.45, 7) is 4.91. The van der Waals surface area contributed by atoms with E-state index in [2.05, 4.69) is 17.2 Å². The molecule has 1 aromatic rings. The molecule has 1 N–H and O–H groups in total. The molecule has 0 aliphatic heterocycles. The molecule has 0 unspecified atom stereocenters. The van der Waals surface area contributed by atoms with E-state index in [1.54, 1.807) is 11.3 Å².